The van der Waals surface area contributed by atoms with Crippen LogP contribution in [0.3, 0.4) is 0 Å². The van der Waals surface area contributed by atoms with Crippen LogP contribution in [0.4, 0.5) is 0 Å². The smallest absolute Gasteiger partial charge is 0.316 e. The van der Waals surface area contributed by atoms with Gasteiger partial charge in [-0.05, 0) is 12.8 Å². The summed E-state index contributed by atoms with van der Waals surface area (Å²) in [5.41, 5.74) is 0. The lowest BCUT2D eigenvalue weighted by molar-refractivity contribution is -0.144. The van der Waals surface area contributed by atoms with Gasteiger partial charge < -0.3 is 4.74 Å². The lowest BCUT2D eigenvalue weighted by Gasteiger charge is -2.04. The van der Waals surface area contributed by atoms with Gasteiger partial charge in [-0.25, -0.2) is 0 Å². The predicted octanol–water partition coefficient (Wildman–Crippen LogP) is 2.76. The highest BCUT2D eigenvalue weighted by molar-refractivity contribution is 5.99. The fourth-order valence-electron chi connectivity index (χ4n) is 2.17. The number of carbonyl (C=O) groups is 2. The Morgan fingerprint density at radius 3 is 2.50 bits per heavy atom. The minimum atomic E-state index is -0.486. The molecule has 4 nitrogen and oxygen atoms in total. The lowest BCUT2D eigenvalue weighted by atomic mass is 9.97. The van der Waals surface area contributed by atoms with E-state index in [1.807, 2.05) is 0 Å². The van der Waals surface area contributed by atoms with Gasteiger partial charge in [0.25, 0.3) is 0 Å². The van der Waals surface area contributed by atoms with Gasteiger partial charge in [-0.3, -0.25) is 9.59 Å². The molecule has 0 aromatic carbocycles. The number of hydrogen-bond acceptors (Lipinski definition) is 4. The summed E-state index contributed by atoms with van der Waals surface area (Å²) in [7, 11) is 0. The number of unbranched alkanes of at least 4 members (excludes halogenated alkanes) is 6. The maximum absolute atomic E-state index is 11.7. The van der Waals surface area contributed by atoms with Crippen LogP contribution in [-0.4, -0.2) is 18.4 Å². The second-order valence-corrected chi connectivity index (χ2v) is 4.75. The molecule has 1 heterocycles. The maximum Gasteiger partial charge on any atom is 0.316 e. The molecule has 0 aromatic rings. The molecule has 0 radical (unpaired) electrons. The fourth-order valence-corrected chi connectivity index (χ4v) is 2.17. The van der Waals surface area contributed by atoms with Gasteiger partial charge in [0, 0.05) is 19.3 Å². The summed E-state index contributed by atoms with van der Waals surface area (Å²) >= 11 is 0. The highest BCUT2D eigenvalue weighted by Crippen LogP contribution is 2.18. The number of esters is 1. The Kier molecular flexibility index (Phi) is 7.09. The highest BCUT2D eigenvalue weighted by Gasteiger charge is 2.32. The van der Waals surface area contributed by atoms with Crippen molar-refractivity contribution in [2.24, 2.45) is 5.92 Å². The number of cyclic esters (lactones) is 1. The summed E-state index contributed by atoms with van der Waals surface area (Å²) < 4.78 is 4.78. The van der Waals surface area contributed by atoms with Gasteiger partial charge in [0.15, 0.2) is 0 Å². The summed E-state index contributed by atoms with van der Waals surface area (Å²) in [5.74, 6) is -0.779. The molecular formula is C14H21NO3. The van der Waals surface area contributed by atoms with Crippen molar-refractivity contribution in [1.82, 2.24) is 0 Å². The third kappa shape index (κ3) is 5.31. The number of carbonyl (C=O) groups excluding carboxylic acids is 2. The number of rotatable bonds is 9. The van der Waals surface area contributed by atoms with Crippen molar-refractivity contribution < 1.29 is 14.3 Å². The first-order valence-electron chi connectivity index (χ1n) is 6.82. The molecule has 18 heavy (non-hydrogen) atoms. The van der Waals surface area contributed by atoms with Gasteiger partial charge in [-0.2, -0.15) is 5.26 Å². The molecular weight excluding hydrogens is 230 g/mol. The van der Waals surface area contributed by atoms with Crippen molar-refractivity contribution in [3.63, 3.8) is 0 Å². The first-order chi connectivity index (χ1) is 8.75. The summed E-state index contributed by atoms with van der Waals surface area (Å²) in [4.78, 5) is 22.9. The predicted molar refractivity (Wildman–Crippen MR) is 66.6 cm³/mol. The third-order valence-electron chi connectivity index (χ3n) is 3.29. The Morgan fingerprint density at radius 1 is 1.22 bits per heavy atom. The van der Waals surface area contributed by atoms with E-state index in [0.29, 0.717) is 25.9 Å². The first kappa shape index (κ1) is 14.7. The van der Waals surface area contributed by atoms with Crippen molar-refractivity contribution in [3.05, 3.63) is 0 Å². The zero-order valence-electron chi connectivity index (χ0n) is 10.8. The van der Waals surface area contributed by atoms with E-state index < -0.39 is 5.92 Å². The van der Waals surface area contributed by atoms with E-state index in [1.165, 1.54) is 0 Å². The van der Waals surface area contributed by atoms with Gasteiger partial charge in [0.2, 0.25) is 0 Å². The number of Topliss-reactive ketones (excluding diaryl/α,β-unsaturated/α-hetero) is 1. The Morgan fingerprint density at radius 2 is 1.89 bits per heavy atom. The van der Waals surface area contributed by atoms with Crippen LogP contribution in [0.1, 0.15) is 57.8 Å². The van der Waals surface area contributed by atoms with E-state index in [0.717, 1.165) is 38.5 Å². The van der Waals surface area contributed by atoms with Crippen LogP contribution in [0.15, 0.2) is 0 Å². The summed E-state index contributed by atoms with van der Waals surface area (Å²) in [6.45, 7) is 0.397. The molecule has 0 saturated carbocycles. The maximum atomic E-state index is 11.7. The van der Waals surface area contributed by atoms with Crippen LogP contribution in [0.5, 0.6) is 0 Å². The number of hydrogen-bond donors (Lipinski definition) is 0. The van der Waals surface area contributed by atoms with E-state index >= 15 is 0 Å². The second kappa shape index (κ2) is 8.68. The zero-order chi connectivity index (χ0) is 13.2. The molecule has 0 bridgehead atoms. The van der Waals surface area contributed by atoms with E-state index in [2.05, 4.69) is 6.07 Å². The molecule has 4 heteroatoms. The largest absolute Gasteiger partial charge is 0.465 e. The van der Waals surface area contributed by atoms with Crippen LogP contribution >= 0.6 is 0 Å². The minimum absolute atomic E-state index is 0.0435. The summed E-state index contributed by atoms with van der Waals surface area (Å²) in [6, 6.07) is 2.13. The van der Waals surface area contributed by atoms with Gasteiger partial charge in [0.05, 0.1) is 12.7 Å². The molecule has 1 saturated heterocycles. The van der Waals surface area contributed by atoms with Crippen molar-refractivity contribution in [2.45, 2.75) is 57.8 Å². The highest BCUT2D eigenvalue weighted by atomic mass is 16.5. The average Bonchev–Trinajstić information content (AvgIpc) is 2.79. The number of ketones is 1. The molecule has 0 amide bonds. The number of ether oxygens (including phenoxy) is 1. The fraction of sp³-hybridized carbons (Fsp3) is 0.786. The molecule has 1 aliphatic heterocycles. The van der Waals surface area contributed by atoms with E-state index in [9.17, 15) is 9.59 Å². The van der Waals surface area contributed by atoms with Crippen molar-refractivity contribution in [2.75, 3.05) is 6.61 Å². The minimum Gasteiger partial charge on any atom is -0.465 e. The van der Waals surface area contributed by atoms with Gasteiger partial charge in [-0.1, -0.05) is 25.7 Å². The van der Waals surface area contributed by atoms with E-state index in [-0.39, 0.29) is 11.8 Å². The van der Waals surface area contributed by atoms with Gasteiger partial charge in [-0.15, -0.1) is 0 Å². The Labute approximate surface area is 108 Å². The molecule has 1 atom stereocenters. The average molecular weight is 251 g/mol. The van der Waals surface area contributed by atoms with Crippen molar-refractivity contribution in [3.8, 4) is 6.07 Å². The van der Waals surface area contributed by atoms with E-state index in [4.69, 9.17) is 10.00 Å². The monoisotopic (exact) mass is 251 g/mol. The Hall–Kier alpha value is -1.37. The molecule has 1 fully saturated rings. The van der Waals surface area contributed by atoms with E-state index in [1.54, 1.807) is 0 Å². The Bertz CT molecular complexity index is 319. The summed E-state index contributed by atoms with van der Waals surface area (Å²) in [6.07, 6.45) is 7.89. The van der Waals surface area contributed by atoms with Crippen LogP contribution in [-0.2, 0) is 14.3 Å². The van der Waals surface area contributed by atoms with Gasteiger partial charge in [0.1, 0.15) is 11.7 Å². The first-order valence-corrected chi connectivity index (χ1v) is 6.82. The molecule has 0 spiro atoms. The molecule has 0 N–H and O–H groups in total. The molecule has 100 valence electrons. The van der Waals surface area contributed by atoms with Crippen LogP contribution in [0.25, 0.3) is 0 Å². The molecule has 0 aliphatic carbocycles. The zero-order valence-corrected chi connectivity index (χ0v) is 10.8. The third-order valence-corrected chi connectivity index (χ3v) is 3.29. The van der Waals surface area contributed by atoms with Crippen molar-refractivity contribution in [1.29, 1.82) is 5.26 Å². The quantitative estimate of drug-likeness (QED) is 0.359. The lowest BCUT2D eigenvalue weighted by Crippen LogP contribution is -2.18. The molecule has 1 rings (SSSR count). The van der Waals surface area contributed by atoms with Crippen LogP contribution in [0, 0.1) is 17.2 Å². The second-order valence-electron chi connectivity index (χ2n) is 4.75. The van der Waals surface area contributed by atoms with Crippen LogP contribution in [0.2, 0.25) is 0 Å². The molecule has 1 unspecified atom stereocenters. The standard InChI is InChI=1S/C14H21NO3/c15-10-7-5-3-1-2-4-6-8-13(16)12-9-11-18-14(12)17/h12H,1-9,11H2. The molecule has 1 aliphatic rings. The normalized spacial score (nSPS) is 18.4. The molecule has 0 aromatic heterocycles. The number of nitriles is 1. The topological polar surface area (TPSA) is 67.2 Å². The van der Waals surface area contributed by atoms with Crippen LogP contribution < -0.4 is 0 Å². The SMILES string of the molecule is N#CCCCCCCCCC(=O)C1CCOC1=O. The Balaban J connectivity index is 1.96. The van der Waals surface area contributed by atoms with Gasteiger partial charge >= 0.3 is 5.97 Å². The summed E-state index contributed by atoms with van der Waals surface area (Å²) in [5, 5.41) is 8.37. The number of nitrogens with zero attached hydrogens (tertiary/aromatic N) is 1. The van der Waals surface area contributed by atoms with Crippen molar-refractivity contribution >= 4 is 11.8 Å².